The molecule has 0 aliphatic rings. The minimum atomic E-state index is 0.0319. The summed E-state index contributed by atoms with van der Waals surface area (Å²) in [7, 11) is 0. The van der Waals surface area contributed by atoms with Gasteiger partial charge in [0.2, 0.25) is 4.77 Å². The Balaban J connectivity index is 2.68. The molecule has 0 atom stereocenters. The fourth-order valence-electron chi connectivity index (χ4n) is 1.83. The highest BCUT2D eigenvalue weighted by Gasteiger charge is 2.20. The molecule has 1 heterocycles. The first kappa shape index (κ1) is 11.9. The van der Waals surface area contributed by atoms with Crippen LogP contribution in [0.1, 0.15) is 26.3 Å². The molecule has 0 bridgehead atoms. The maximum atomic E-state index is 5.87. The standard InChI is InChI=1S/C12H16N4S/c1-12(2,3)9-7-5-4-6-8(9)10-14-15-11(17)16(10)13/h4-7H,13H2,1-3H3,(H,15,17). The lowest BCUT2D eigenvalue weighted by Gasteiger charge is -2.22. The lowest BCUT2D eigenvalue weighted by Crippen LogP contribution is -2.16. The van der Waals surface area contributed by atoms with E-state index in [9.17, 15) is 0 Å². The number of nitrogens with one attached hydrogen (secondary N) is 1. The molecular formula is C12H16N4S. The zero-order valence-corrected chi connectivity index (χ0v) is 11.0. The Morgan fingerprint density at radius 1 is 1.29 bits per heavy atom. The van der Waals surface area contributed by atoms with Gasteiger partial charge in [-0.25, -0.2) is 9.77 Å². The van der Waals surface area contributed by atoms with Gasteiger partial charge in [-0.2, -0.15) is 5.10 Å². The Hall–Kier alpha value is -1.62. The van der Waals surface area contributed by atoms with Gasteiger partial charge in [-0.15, -0.1) is 0 Å². The van der Waals surface area contributed by atoms with E-state index in [2.05, 4.69) is 37.0 Å². The number of nitrogen functional groups attached to an aromatic ring is 1. The van der Waals surface area contributed by atoms with Crippen LogP contribution in [-0.4, -0.2) is 14.9 Å². The zero-order chi connectivity index (χ0) is 12.6. The number of nitrogens with two attached hydrogens (primary N) is 1. The molecular weight excluding hydrogens is 232 g/mol. The van der Waals surface area contributed by atoms with Crippen molar-refractivity contribution in [3.63, 3.8) is 0 Å². The number of benzene rings is 1. The van der Waals surface area contributed by atoms with E-state index in [1.54, 1.807) is 0 Å². The smallest absolute Gasteiger partial charge is 0.214 e. The van der Waals surface area contributed by atoms with E-state index < -0.39 is 0 Å². The first-order valence-electron chi connectivity index (χ1n) is 5.43. The molecule has 17 heavy (non-hydrogen) atoms. The largest absolute Gasteiger partial charge is 0.335 e. The molecule has 1 aromatic carbocycles. The monoisotopic (exact) mass is 248 g/mol. The normalized spacial score (nSPS) is 11.7. The number of hydrogen-bond donors (Lipinski definition) is 2. The second-order valence-corrected chi connectivity index (χ2v) is 5.40. The van der Waals surface area contributed by atoms with Gasteiger partial charge in [0.05, 0.1) is 0 Å². The summed E-state index contributed by atoms with van der Waals surface area (Å²) < 4.78 is 1.82. The van der Waals surface area contributed by atoms with E-state index in [1.165, 1.54) is 10.2 Å². The molecule has 0 radical (unpaired) electrons. The average molecular weight is 248 g/mol. The average Bonchev–Trinajstić information content (AvgIpc) is 2.59. The van der Waals surface area contributed by atoms with Crippen LogP contribution >= 0.6 is 12.2 Å². The number of H-pyrrole nitrogens is 1. The van der Waals surface area contributed by atoms with Gasteiger partial charge in [0, 0.05) is 5.56 Å². The number of nitrogens with zero attached hydrogens (tertiary/aromatic N) is 2. The fourth-order valence-corrected chi connectivity index (χ4v) is 1.96. The highest BCUT2D eigenvalue weighted by atomic mass is 32.1. The van der Waals surface area contributed by atoms with E-state index in [4.69, 9.17) is 18.1 Å². The van der Waals surface area contributed by atoms with Gasteiger partial charge in [-0.3, -0.25) is 0 Å². The van der Waals surface area contributed by atoms with Crippen molar-refractivity contribution < 1.29 is 0 Å². The van der Waals surface area contributed by atoms with Crippen LogP contribution in [0.15, 0.2) is 24.3 Å². The van der Waals surface area contributed by atoms with Gasteiger partial charge in [0.1, 0.15) is 0 Å². The summed E-state index contributed by atoms with van der Waals surface area (Å²) in [5, 5.41) is 6.89. The van der Waals surface area contributed by atoms with E-state index >= 15 is 0 Å². The summed E-state index contributed by atoms with van der Waals surface area (Å²) in [6, 6.07) is 8.09. The van der Waals surface area contributed by atoms with Crippen molar-refractivity contribution in [2.75, 3.05) is 5.84 Å². The minimum Gasteiger partial charge on any atom is -0.335 e. The third-order valence-corrected chi connectivity index (χ3v) is 2.97. The number of rotatable bonds is 1. The van der Waals surface area contributed by atoms with Crippen molar-refractivity contribution in [1.29, 1.82) is 0 Å². The predicted molar refractivity (Wildman–Crippen MR) is 71.7 cm³/mol. The highest BCUT2D eigenvalue weighted by Crippen LogP contribution is 2.31. The molecule has 0 unspecified atom stereocenters. The van der Waals surface area contributed by atoms with Gasteiger partial charge in [-0.05, 0) is 23.2 Å². The second kappa shape index (κ2) is 4.00. The topological polar surface area (TPSA) is 59.6 Å². The van der Waals surface area contributed by atoms with Crippen molar-refractivity contribution in [3.8, 4) is 11.4 Å². The first-order chi connectivity index (χ1) is 7.91. The molecule has 5 heteroatoms. The minimum absolute atomic E-state index is 0.0319. The molecule has 4 nitrogen and oxygen atoms in total. The summed E-state index contributed by atoms with van der Waals surface area (Å²) in [5.41, 5.74) is 2.24. The summed E-state index contributed by atoms with van der Waals surface area (Å²) in [5.74, 6) is 6.53. The van der Waals surface area contributed by atoms with Gasteiger partial charge >= 0.3 is 0 Å². The van der Waals surface area contributed by atoms with Crippen LogP contribution < -0.4 is 5.84 Å². The number of aromatic nitrogens is 3. The fraction of sp³-hybridized carbons (Fsp3) is 0.333. The van der Waals surface area contributed by atoms with E-state index in [0.29, 0.717) is 10.6 Å². The Kier molecular flexibility index (Phi) is 2.79. The predicted octanol–water partition coefficient (Wildman–Crippen LogP) is 2.62. The summed E-state index contributed by atoms with van der Waals surface area (Å²) >= 11 is 5.03. The third-order valence-electron chi connectivity index (χ3n) is 2.68. The van der Waals surface area contributed by atoms with E-state index in [-0.39, 0.29) is 5.41 Å². The molecule has 0 amide bonds. The molecule has 3 N–H and O–H groups in total. The zero-order valence-electron chi connectivity index (χ0n) is 10.2. The van der Waals surface area contributed by atoms with Crippen molar-refractivity contribution in [1.82, 2.24) is 14.9 Å². The molecule has 0 aliphatic carbocycles. The van der Waals surface area contributed by atoms with Gasteiger partial charge in [0.25, 0.3) is 0 Å². The van der Waals surface area contributed by atoms with Gasteiger partial charge < -0.3 is 5.84 Å². The van der Waals surface area contributed by atoms with Gasteiger partial charge in [0.15, 0.2) is 5.82 Å². The number of aromatic amines is 1. The summed E-state index contributed by atoms with van der Waals surface area (Å²) in [6.45, 7) is 6.48. The van der Waals surface area contributed by atoms with Crippen molar-refractivity contribution >= 4 is 12.2 Å². The van der Waals surface area contributed by atoms with E-state index in [0.717, 1.165) is 5.56 Å². The first-order valence-corrected chi connectivity index (χ1v) is 5.84. The van der Waals surface area contributed by atoms with Crippen LogP contribution in [0.25, 0.3) is 11.4 Å². The van der Waals surface area contributed by atoms with Crippen LogP contribution in [0, 0.1) is 4.77 Å². The SMILES string of the molecule is CC(C)(C)c1ccccc1-c1n[nH]c(=S)n1N. The molecule has 0 fully saturated rings. The third kappa shape index (κ3) is 2.10. The Morgan fingerprint density at radius 2 is 1.94 bits per heavy atom. The Bertz CT molecular complexity index is 589. The Morgan fingerprint density at radius 3 is 2.47 bits per heavy atom. The van der Waals surface area contributed by atoms with Gasteiger partial charge in [-0.1, -0.05) is 45.0 Å². The summed E-state index contributed by atoms with van der Waals surface area (Å²) in [6.07, 6.45) is 0. The summed E-state index contributed by atoms with van der Waals surface area (Å²) in [4.78, 5) is 0. The lowest BCUT2D eigenvalue weighted by molar-refractivity contribution is 0.591. The van der Waals surface area contributed by atoms with Crippen LogP contribution in [-0.2, 0) is 5.41 Å². The van der Waals surface area contributed by atoms with Crippen molar-refractivity contribution in [2.24, 2.45) is 0 Å². The van der Waals surface area contributed by atoms with E-state index in [1.807, 2.05) is 18.2 Å². The maximum absolute atomic E-state index is 5.87. The molecule has 0 aliphatic heterocycles. The molecule has 0 saturated carbocycles. The molecule has 90 valence electrons. The van der Waals surface area contributed by atoms with Crippen molar-refractivity contribution in [3.05, 3.63) is 34.6 Å². The molecule has 0 spiro atoms. The second-order valence-electron chi connectivity index (χ2n) is 5.02. The Labute approximate surface area is 105 Å². The maximum Gasteiger partial charge on any atom is 0.214 e. The van der Waals surface area contributed by atoms with Crippen LogP contribution in [0.5, 0.6) is 0 Å². The van der Waals surface area contributed by atoms with Crippen LogP contribution in [0.2, 0.25) is 0 Å². The molecule has 2 rings (SSSR count). The molecule has 1 aromatic heterocycles. The molecule has 2 aromatic rings. The number of hydrogen-bond acceptors (Lipinski definition) is 3. The van der Waals surface area contributed by atoms with Crippen LogP contribution in [0.3, 0.4) is 0 Å². The van der Waals surface area contributed by atoms with Crippen molar-refractivity contribution in [2.45, 2.75) is 26.2 Å². The molecule has 0 saturated heterocycles. The van der Waals surface area contributed by atoms with Crippen LogP contribution in [0.4, 0.5) is 0 Å². The quantitative estimate of drug-likeness (QED) is 0.602. The highest BCUT2D eigenvalue weighted by molar-refractivity contribution is 7.71. The lowest BCUT2D eigenvalue weighted by atomic mass is 9.83.